The van der Waals surface area contributed by atoms with Crippen molar-refractivity contribution in [2.24, 2.45) is 0 Å². The summed E-state index contributed by atoms with van der Waals surface area (Å²) in [4.78, 5) is 13.8. The predicted molar refractivity (Wildman–Crippen MR) is 85.9 cm³/mol. The first kappa shape index (κ1) is 15.3. The van der Waals surface area contributed by atoms with Crippen LogP contribution in [0.15, 0.2) is 22.7 Å². The number of carbonyl (C=O) groups is 1. The Balaban J connectivity index is 1.81. The van der Waals surface area contributed by atoms with E-state index < -0.39 is 0 Å². The lowest BCUT2D eigenvalue weighted by atomic mass is 10.2. The maximum absolute atomic E-state index is 11.8. The molecule has 0 aromatic heterocycles. The van der Waals surface area contributed by atoms with Gasteiger partial charge in [-0.15, -0.1) is 0 Å². The normalized spacial score (nSPS) is 14.2. The van der Waals surface area contributed by atoms with Gasteiger partial charge in [0.25, 0.3) is 5.91 Å². The number of amides is 1. The molecule has 1 heterocycles. The van der Waals surface area contributed by atoms with E-state index in [1.807, 2.05) is 30.0 Å². The van der Waals surface area contributed by atoms with Gasteiger partial charge in [0.1, 0.15) is 5.75 Å². The van der Waals surface area contributed by atoms with Crippen molar-refractivity contribution in [1.82, 2.24) is 10.2 Å². The molecule has 0 spiro atoms. The number of rotatable bonds is 3. The molecule has 20 heavy (non-hydrogen) atoms. The average Bonchev–Trinajstić information content (AvgIpc) is 2.91. The molecule has 0 saturated carbocycles. The van der Waals surface area contributed by atoms with Crippen molar-refractivity contribution in [3.8, 4) is 5.75 Å². The number of nitrogens with one attached hydrogen (secondary N) is 1. The second kappa shape index (κ2) is 7.04. The molecule has 1 aliphatic heterocycles. The van der Waals surface area contributed by atoms with E-state index in [0.717, 1.165) is 36.0 Å². The van der Waals surface area contributed by atoms with Gasteiger partial charge in [0.2, 0.25) is 0 Å². The number of benzene rings is 1. The van der Waals surface area contributed by atoms with Crippen molar-refractivity contribution >= 4 is 39.2 Å². The molecule has 1 amide bonds. The molecule has 0 radical (unpaired) electrons. The minimum atomic E-state index is -0.218. The Hall–Kier alpha value is -1.14. The first-order valence-electron chi connectivity index (χ1n) is 6.54. The number of likely N-dealkylation sites (tertiary alicyclic amines) is 1. The SMILES string of the molecule is Cc1cc(Br)ccc1OCC(=O)NC(=S)N1CCCC1. The van der Waals surface area contributed by atoms with Crippen LogP contribution in [0.25, 0.3) is 0 Å². The number of aryl methyl sites for hydroxylation is 1. The molecule has 1 aromatic carbocycles. The van der Waals surface area contributed by atoms with Crippen LogP contribution in [0.4, 0.5) is 0 Å². The van der Waals surface area contributed by atoms with Gasteiger partial charge in [-0.25, -0.2) is 0 Å². The molecule has 108 valence electrons. The standard InChI is InChI=1S/C14H17BrN2O2S/c1-10-8-11(15)4-5-12(10)19-9-13(18)16-14(20)17-6-2-3-7-17/h4-5,8H,2-3,6-7,9H2,1H3,(H,16,18,20). The third-order valence-corrected chi connectivity index (χ3v) is 3.99. The number of thiocarbonyl (C=S) groups is 1. The van der Waals surface area contributed by atoms with Gasteiger partial charge in [0.15, 0.2) is 11.7 Å². The molecule has 0 unspecified atom stereocenters. The van der Waals surface area contributed by atoms with E-state index >= 15 is 0 Å². The highest BCUT2D eigenvalue weighted by Crippen LogP contribution is 2.21. The van der Waals surface area contributed by atoms with E-state index in [1.54, 1.807) is 0 Å². The van der Waals surface area contributed by atoms with Crippen LogP contribution in [0.2, 0.25) is 0 Å². The van der Waals surface area contributed by atoms with Gasteiger partial charge in [0, 0.05) is 17.6 Å². The summed E-state index contributed by atoms with van der Waals surface area (Å²) in [5.74, 6) is 0.486. The molecule has 0 bridgehead atoms. The maximum Gasteiger partial charge on any atom is 0.264 e. The zero-order valence-electron chi connectivity index (χ0n) is 11.3. The van der Waals surface area contributed by atoms with Crippen molar-refractivity contribution in [2.75, 3.05) is 19.7 Å². The van der Waals surface area contributed by atoms with Gasteiger partial charge in [0.05, 0.1) is 0 Å². The second-order valence-corrected chi connectivity index (χ2v) is 6.05. The number of carbonyl (C=O) groups excluding carboxylic acids is 1. The van der Waals surface area contributed by atoms with E-state index in [4.69, 9.17) is 17.0 Å². The van der Waals surface area contributed by atoms with Crippen LogP contribution in [0, 0.1) is 6.92 Å². The monoisotopic (exact) mass is 356 g/mol. The molecule has 6 heteroatoms. The van der Waals surface area contributed by atoms with Crippen LogP contribution < -0.4 is 10.1 Å². The zero-order valence-corrected chi connectivity index (χ0v) is 13.7. The van der Waals surface area contributed by atoms with Crippen molar-refractivity contribution in [3.05, 3.63) is 28.2 Å². The van der Waals surface area contributed by atoms with Crippen molar-refractivity contribution < 1.29 is 9.53 Å². The Labute approximate surface area is 132 Å². The Morgan fingerprint density at radius 2 is 2.15 bits per heavy atom. The fraction of sp³-hybridized carbons (Fsp3) is 0.429. The molecular formula is C14H17BrN2O2S. The highest BCUT2D eigenvalue weighted by Gasteiger charge is 2.16. The molecule has 1 saturated heterocycles. The summed E-state index contributed by atoms with van der Waals surface area (Å²) in [6.07, 6.45) is 2.26. The summed E-state index contributed by atoms with van der Waals surface area (Å²) in [7, 11) is 0. The summed E-state index contributed by atoms with van der Waals surface area (Å²) in [5, 5.41) is 3.21. The number of ether oxygens (including phenoxy) is 1. The second-order valence-electron chi connectivity index (χ2n) is 4.75. The molecule has 1 N–H and O–H groups in total. The predicted octanol–water partition coefficient (Wildman–Crippen LogP) is 2.63. The summed E-state index contributed by atoms with van der Waals surface area (Å²) in [6.45, 7) is 3.75. The fourth-order valence-electron chi connectivity index (χ4n) is 2.07. The number of nitrogens with zero attached hydrogens (tertiary/aromatic N) is 1. The van der Waals surface area contributed by atoms with Gasteiger partial charge in [-0.05, 0) is 55.7 Å². The smallest absolute Gasteiger partial charge is 0.264 e. The minimum absolute atomic E-state index is 0.0313. The van der Waals surface area contributed by atoms with Crippen molar-refractivity contribution in [1.29, 1.82) is 0 Å². The topological polar surface area (TPSA) is 41.6 Å². The Bertz CT molecular complexity index is 516. The first-order chi connectivity index (χ1) is 9.56. The molecule has 1 aliphatic rings. The van der Waals surface area contributed by atoms with Gasteiger partial charge < -0.3 is 15.0 Å². The zero-order chi connectivity index (χ0) is 14.5. The van der Waals surface area contributed by atoms with Gasteiger partial charge in [-0.1, -0.05) is 15.9 Å². The van der Waals surface area contributed by atoms with Crippen LogP contribution >= 0.6 is 28.1 Å². The lowest BCUT2D eigenvalue weighted by Crippen LogP contribution is -2.42. The largest absolute Gasteiger partial charge is 0.483 e. The number of hydrogen-bond acceptors (Lipinski definition) is 3. The highest BCUT2D eigenvalue weighted by atomic mass is 79.9. The molecule has 1 fully saturated rings. The highest BCUT2D eigenvalue weighted by molar-refractivity contribution is 9.10. The number of halogens is 1. The minimum Gasteiger partial charge on any atom is -0.483 e. The third kappa shape index (κ3) is 4.18. The number of hydrogen-bond donors (Lipinski definition) is 1. The maximum atomic E-state index is 11.8. The van der Waals surface area contributed by atoms with Gasteiger partial charge in [-0.3, -0.25) is 4.79 Å². The Morgan fingerprint density at radius 3 is 2.80 bits per heavy atom. The fourth-order valence-corrected chi connectivity index (χ4v) is 2.84. The molecule has 4 nitrogen and oxygen atoms in total. The summed E-state index contributed by atoms with van der Waals surface area (Å²) in [6, 6.07) is 5.67. The van der Waals surface area contributed by atoms with E-state index in [-0.39, 0.29) is 12.5 Å². The average molecular weight is 357 g/mol. The van der Waals surface area contributed by atoms with Crippen molar-refractivity contribution in [2.45, 2.75) is 19.8 Å². The van der Waals surface area contributed by atoms with Crippen molar-refractivity contribution in [3.63, 3.8) is 0 Å². The van der Waals surface area contributed by atoms with E-state index in [0.29, 0.717) is 10.9 Å². The third-order valence-electron chi connectivity index (χ3n) is 3.14. The molecule has 1 aromatic rings. The summed E-state index contributed by atoms with van der Waals surface area (Å²) >= 11 is 8.59. The van der Waals surface area contributed by atoms with E-state index in [9.17, 15) is 4.79 Å². The lowest BCUT2D eigenvalue weighted by Gasteiger charge is -2.18. The van der Waals surface area contributed by atoms with Crippen LogP contribution in [0.1, 0.15) is 18.4 Å². The van der Waals surface area contributed by atoms with Crippen LogP contribution in [-0.2, 0) is 4.79 Å². The molecule has 0 atom stereocenters. The van der Waals surface area contributed by atoms with Gasteiger partial charge >= 0.3 is 0 Å². The van der Waals surface area contributed by atoms with Crippen LogP contribution in [-0.4, -0.2) is 35.6 Å². The molecule has 2 rings (SSSR count). The molecular weight excluding hydrogens is 340 g/mol. The Morgan fingerprint density at radius 1 is 1.45 bits per heavy atom. The first-order valence-corrected chi connectivity index (χ1v) is 7.74. The summed E-state index contributed by atoms with van der Waals surface area (Å²) in [5.41, 5.74) is 0.981. The molecule has 0 aliphatic carbocycles. The van der Waals surface area contributed by atoms with Crippen LogP contribution in [0.3, 0.4) is 0 Å². The Kier molecular flexibility index (Phi) is 5.37. The van der Waals surface area contributed by atoms with E-state index in [2.05, 4.69) is 21.2 Å². The van der Waals surface area contributed by atoms with Crippen LogP contribution in [0.5, 0.6) is 5.75 Å². The van der Waals surface area contributed by atoms with E-state index in [1.165, 1.54) is 0 Å². The quantitative estimate of drug-likeness (QED) is 0.845. The summed E-state index contributed by atoms with van der Waals surface area (Å²) < 4.78 is 6.49. The lowest BCUT2D eigenvalue weighted by molar-refractivity contribution is -0.121. The van der Waals surface area contributed by atoms with Gasteiger partial charge in [-0.2, -0.15) is 0 Å².